The van der Waals surface area contributed by atoms with Gasteiger partial charge >= 0.3 is 0 Å². The molecule has 0 bridgehead atoms. The monoisotopic (exact) mass is 497 g/mol. The van der Waals surface area contributed by atoms with Crippen LogP contribution in [0.1, 0.15) is 5.56 Å². The lowest BCUT2D eigenvalue weighted by Crippen LogP contribution is -2.51. The van der Waals surface area contributed by atoms with E-state index in [-0.39, 0.29) is 23.9 Å². The van der Waals surface area contributed by atoms with E-state index in [1.165, 1.54) is 12.1 Å². The first-order chi connectivity index (χ1) is 16.9. The van der Waals surface area contributed by atoms with Gasteiger partial charge in [0.15, 0.2) is 0 Å². The SMILES string of the molecule is COc1ccc(N2CCN(C(=O)CN(Cc3ccccc3)S(=O)(=O)c3ccc(F)cc3)CC2)cc1. The molecule has 184 valence electrons. The lowest BCUT2D eigenvalue weighted by atomic mass is 10.2. The van der Waals surface area contributed by atoms with E-state index < -0.39 is 15.8 Å². The van der Waals surface area contributed by atoms with Crippen LogP contribution in [0.3, 0.4) is 0 Å². The summed E-state index contributed by atoms with van der Waals surface area (Å²) < 4.78 is 46.5. The number of benzene rings is 3. The smallest absolute Gasteiger partial charge is 0.243 e. The van der Waals surface area contributed by atoms with Gasteiger partial charge in [-0.3, -0.25) is 4.79 Å². The van der Waals surface area contributed by atoms with Gasteiger partial charge in [-0.2, -0.15) is 4.31 Å². The molecule has 1 amide bonds. The van der Waals surface area contributed by atoms with Crippen LogP contribution in [0.15, 0.2) is 83.8 Å². The van der Waals surface area contributed by atoms with Gasteiger partial charge in [-0.25, -0.2) is 12.8 Å². The fraction of sp³-hybridized carbons (Fsp3) is 0.269. The molecule has 0 radical (unpaired) electrons. The van der Waals surface area contributed by atoms with E-state index in [2.05, 4.69) is 4.90 Å². The molecule has 9 heteroatoms. The third-order valence-electron chi connectivity index (χ3n) is 6.03. The first kappa shape index (κ1) is 24.7. The number of nitrogens with zero attached hydrogens (tertiary/aromatic N) is 3. The third-order valence-corrected chi connectivity index (χ3v) is 7.84. The highest BCUT2D eigenvalue weighted by Gasteiger charge is 2.30. The minimum atomic E-state index is -4.01. The van der Waals surface area contributed by atoms with Gasteiger partial charge in [0, 0.05) is 38.4 Å². The molecule has 1 heterocycles. The summed E-state index contributed by atoms with van der Waals surface area (Å²) in [5.41, 5.74) is 1.80. The van der Waals surface area contributed by atoms with Crippen LogP contribution in [0.2, 0.25) is 0 Å². The summed E-state index contributed by atoms with van der Waals surface area (Å²) in [7, 11) is -2.39. The maximum atomic E-state index is 13.4. The van der Waals surface area contributed by atoms with Crippen molar-refractivity contribution < 1.29 is 22.3 Å². The summed E-state index contributed by atoms with van der Waals surface area (Å²) in [5, 5.41) is 0. The molecule has 3 aromatic carbocycles. The zero-order chi connectivity index (χ0) is 24.8. The quantitative estimate of drug-likeness (QED) is 0.477. The number of hydrogen-bond acceptors (Lipinski definition) is 5. The largest absolute Gasteiger partial charge is 0.497 e. The van der Waals surface area contributed by atoms with Crippen molar-refractivity contribution in [3.8, 4) is 5.75 Å². The van der Waals surface area contributed by atoms with Gasteiger partial charge in [-0.05, 0) is 54.1 Å². The van der Waals surface area contributed by atoms with Gasteiger partial charge < -0.3 is 14.5 Å². The molecule has 35 heavy (non-hydrogen) atoms. The second-order valence-corrected chi connectivity index (χ2v) is 10.2. The van der Waals surface area contributed by atoms with E-state index in [4.69, 9.17) is 4.74 Å². The molecule has 1 saturated heterocycles. The topological polar surface area (TPSA) is 70.2 Å². The van der Waals surface area contributed by atoms with Gasteiger partial charge in [-0.1, -0.05) is 30.3 Å². The maximum absolute atomic E-state index is 13.4. The number of ether oxygens (including phenoxy) is 1. The predicted octanol–water partition coefficient (Wildman–Crippen LogP) is 3.37. The van der Waals surface area contributed by atoms with Crippen LogP contribution in [-0.2, 0) is 21.4 Å². The molecule has 0 aliphatic carbocycles. The van der Waals surface area contributed by atoms with Gasteiger partial charge in [0.05, 0.1) is 18.6 Å². The second kappa shape index (κ2) is 10.9. The lowest BCUT2D eigenvalue weighted by molar-refractivity contribution is -0.131. The standard InChI is InChI=1S/C26H28FN3O4S/c1-34-24-11-9-23(10-12-24)28-15-17-29(18-16-28)26(31)20-30(19-21-5-3-2-4-6-21)35(32,33)25-13-7-22(27)8-14-25/h2-14H,15-20H2,1H3. The van der Waals surface area contributed by atoms with Gasteiger partial charge in [0.2, 0.25) is 15.9 Å². The summed E-state index contributed by atoms with van der Waals surface area (Å²) in [4.78, 5) is 17.0. The molecule has 1 fully saturated rings. The average molecular weight is 498 g/mol. The predicted molar refractivity (Wildman–Crippen MR) is 132 cm³/mol. The van der Waals surface area contributed by atoms with Crippen molar-refractivity contribution >= 4 is 21.6 Å². The first-order valence-electron chi connectivity index (χ1n) is 11.3. The van der Waals surface area contributed by atoms with Crippen LogP contribution in [-0.4, -0.2) is 63.4 Å². The summed E-state index contributed by atoms with van der Waals surface area (Å²) in [5.74, 6) is -0.00574. The minimum Gasteiger partial charge on any atom is -0.497 e. The molecule has 3 aromatic rings. The Morgan fingerprint density at radius 1 is 0.914 bits per heavy atom. The number of piperazine rings is 1. The van der Waals surface area contributed by atoms with E-state index >= 15 is 0 Å². The maximum Gasteiger partial charge on any atom is 0.243 e. The fourth-order valence-corrected chi connectivity index (χ4v) is 5.40. The number of hydrogen-bond donors (Lipinski definition) is 0. The van der Waals surface area contributed by atoms with Crippen molar-refractivity contribution in [1.29, 1.82) is 0 Å². The van der Waals surface area contributed by atoms with Crippen LogP contribution >= 0.6 is 0 Å². The van der Waals surface area contributed by atoms with E-state index in [1.54, 1.807) is 12.0 Å². The Labute approximate surface area is 205 Å². The summed E-state index contributed by atoms with van der Waals surface area (Å²) in [6, 6.07) is 21.5. The Bertz CT molecular complexity index is 1230. The Balaban J connectivity index is 1.46. The summed E-state index contributed by atoms with van der Waals surface area (Å²) in [6.07, 6.45) is 0. The molecule has 7 nitrogen and oxygen atoms in total. The Kier molecular flexibility index (Phi) is 7.67. The minimum absolute atomic E-state index is 0.0398. The van der Waals surface area contributed by atoms with Crippen LogP contribution in [0, 0.1) is 5.82 Å². The van der Waals surface area contributed by atoms with Gasteiger partial charge in [0.25, 0.3) is 0 Å². The molecule has 1 aliphatic heterocycles. The Morgan fingerprint density at radius 2 is 1.54 bits per heavy atom. The van der Waals surface area contributed by atoms with Crippen molar-refractivity contribution in [2.45, 2.75) is 11.4 Å². The molecular formula is C26H28FN3O4S. The summed E-state index contributed by atoms with van der Waals surface area (Å²) in [6.45, 7) is 2.00. The van der Waals surface area contributed by atoms with Crippen LogP contribution in [0.4, 0.5) is 10.1 Å². The van der Waals surface area contributed by atoms with E-state index in [9.17, 15) is 17.6 Å². The van der Waals surface area contributed by atoms with Crippen molar-refractivity contribution in [2.75, 3.05) is 44.7 Å². The highest BCUT2D eigenvalue weighted by Crippen LogP contribution is 2.22. The molecule has 1 aliphatic rings. The highest BCUT2D eigenvalue weighted by molar-refractivity contribution is 7.89. The van der Waals surface area contributed by atoms with E-state index in [0.717, 1.165) is 33.4 Å². The van der Waals surface area contributed by atoms with Gasteiger partial charge in [-0.15, -0.1) is 0 Å². The van der Waals surface area contributed by atoms with Crippen LogP contribution in [0.5, 0.6) is 5.75 Å². The van der Waals surface area contributed by atoms with E-state index in [1.807, 2.05) is 54.6 Å². The van der Waals surface area contributed by atoms with Gasteiger partial charge in [0.1, 0.15) is 11.6 Å². The molecule has 4 rings (SSSR count). The number of anilines is 1. The molecule has 0 aromatic heterocycles. The first-order valence-corrected chi connectivity index (χ1v) is 12.8. The number of halogens is 1. The second-order valence-electron chi connectivity index (χ2n) is 8.28. The molecule has 0 saturated carbocycles. The Hall–Kier alpha value is -3.43. The van der Waals surface area contributed by atoms with Crippen molar-refractivity contribution in [2.24, 2.45) is 0 Å². The number of sulfonamides is 1. The zero-order valence-electron chi connectivity index (χ0n) is 19.5. The Morgan fingerprint density at radius 3 is 2.14 bits per heavy atom. The number of carbonyl (C=O) groups excluding carboxylic acids is 1. The lowest BCUT2D eigenvalue weighted by Gasteiger charge is -2.37. The van der Waals surface area contributed by atoms with Crippen molar-refractivity contribution in [3.63, 3.8) is 0 Å². The fourth-order valence-electron chi connectivity index (χ4n) is 4.03. The molecular weight excluding hydrogens is 469 g/mol. The molecule has 0 unspecified atom stereocenters. The number of amides is 1. The van der Waals surface area contributed by atoms with E-state index in [0.29, 0.717) is 26.2 Å². The van der Waals surface area contributed by atoms with Crippen molar-refractivity contribution in [3.05, 3.63) is 90.2 Å². The third kappa shape index (κ3) is 5.98. The highest BCUT2D eigenvalue weighted by atomic mass is 32.2. The number of carbonyl (C=O) groups is 1. The number of rotatable bonds is 8. The molecule has 0 atom stereocenters. The average Bonchev–Trinajstić information content (AvgIpc) is 2.89. The molecule has 0 spiro atoms. The zero-order valence-corrected chi connectivity index (χ0v) is 20.3. The van der Waals surface area contributed by atoms with Crippen LogP contribution in [0.25, 0.3) is 0 Å². The summed E-state index contributed by atoms with van der Waals surface area (Å²) >= 11 is 0. The van der Waals surface area contributed by atoms with Crippen LogP contribution < -0.4 is 9.64 Å². The molecule has 0 N–H and O–H groups in total. The number of methoxy groups -OCH3 is 1. The normalized spacial score (nSPS) is 14.3. The van der Waals surface area contributed by atoms with Crippen molar-refractivity contribution in [1.82, 2.24) is 9.21 Å².